The van der Waals surface area contributed by atoms with Crippen molar-refractivity contribution >= 4 is 22.3 Å². The number of rotatable bonds is 1. The van der Waals surface area contributed by atoms with Crippen LogP contribution in [-0.2, 0) is 17.8 Å². The zero-order valence-corrected chi connectivity index (χ0v) is 8.86. The molecule has 0 radical (unpaired) electrons. The lowest BCUT2D eigenvalue weighted by molar-refractivity contribution is 0.436. The maximum absolute atomic E-state index is 8.56. The minimum Gasteiger partial charge on any atom is -0.750 e. The van der Waals surface area contributed by atoms with E-state index in [1.54, 1.807) is 0 Å². The summed E-state index contributed by atoms with van der Waals surface area (Å²) in [4.78, 5) is 0. The lowest BCUT2D eigenvalue weighted by Gasteiger charge is -1.85. The number of aromatic nitrogens is 1. The minimum absolute atomic E-state index is 0.879. The Bertz CT molecular complexity index is 450. The molecular formula is C9H10NO4S-. The highest BCUT2D eigenvalue weighted by atomic mass is 32.2. The van der Waals surface area contributed by atoms with Gasteiger partial charge in [-0.15, -0.1) is 0 Å². The Kier molecular flexibility index (Phi) is 4.41. The first-order valence-electron chi connectivity index (χ1n) is 4.26. The van der Waals surface area contributed by atoms with Gasteiger partial charge in [-0.25, -0.2) is 4.21 Å². The molecule has 1 unspecified atom stereocenters. The maximum Gasteiger partial charge on any atom is 0.167 e. The average molecular weight is 228 g/mol. The number of para-hydroxylation sites is 1. The number of nitrogens with zero attached hydrogens (tertiary/aromatic N) is 1. The number of aryl methyl sites for hydroxylation is 1. The van der Waals surface area contributed by atoms with Gasteiger partial charge in [-0.3, -0.25) is 0 Å². The molecule has 1 atom stereocenters. The molecule has 15 heavy (non-hydrogen) atoms. The van der Waals surface area contributed by atoms with E-state index in [1.807, 2.05) is 24.3 Å². The average Bonchev–Trinajstić information content (AvgIpc) is 2.59. The van der Waals surface area contributed by atoms with Gasteiger partial charge in [0.1, 0.15) is 0 Å². The first-order chi connectivity index (χ1) is 7.15. The number of hydrogen-bond acceptors (Lipinski definition) is 4. The van der Waals surface area contributed by atoms with Gasteiger partial charge in [0.05, 0.1) is 17.1 Å². The molecule has 0 saturated carbocycles. The zero-order valence-electron chi connectivity index (χ0n) is 8.04. The molecule has 0 amide bonds. The Morgan fingerprint density at radius 1 is 1.53 bits per heavy atom. The van der Waals surface area contributed by atoms with Crippen LogP contribution >= 0.6 is 0 Å². The fraction of sp³-hybridized carbons (Fsp3) is 0.222. The molecule has 1 N–H and O–H groups in total. The van der Waals surface area contributed by atoms with E-state index < -0.39 is 11.4 Å². The molecule has 5 nitrogen and oxygen atoms in total. The molecule has 0 aliphatic carbocycles. The summed E-state index contributed by atoms with van der Waals surface area (Å²) in [7, 11) is 0. The van der Waals surface area contributed by atoms with Crippen molar-refractivity contribution < 1.29 is 17.8 Å². The van der Waals surface area contributed by atoms with E-state index in [0.717, 1.165) is 23.1 Å². The Balaban J connectivity index is 0.000000245. The van der Waals surface area contributed by atoms with Crippen LogP contribution < -0.4 is 0 Å². The van der Waals surface area contributed by atoms with Gasteiger partial charge >= 0.3 is 0 Å². The number of hydrogen-bond donors (Lipinski definition) is 1. The van der Waals surface area contributed by atoms with E-state index in [0.29, 0.717) is 0 Å². The minimum atomic E-state index is -2.86. The van der Waals surface area contributed by atoms with E-state index in [-0.39, 0.29) is 0 Å². The van der Waals surface area contributed by atoms with Gasteiger partial charge in [-0.05, 0) is 18.6 Å². The van der Waals surface area contributed by atoms with Crippen molar-refractivity contribution in [3.05, 3.63) is 30.0 Å². The van der Waals surface area contributed by atoms with Gasteiger partial charge in [0.25, 0.3) is 0 Å². The third-order valence-electron chi connectivity index (χ3n) is 1.79. The van der Waals surface area contributed by atoms with Gasteiger partial charge in [0, 0.05) is 5.39 Å². The second-order valence-corrected chi connectivity index (χ2v) is 3.13. The quantitative estimate of drug-likeness (QED) is 0.751. The molecule has 2 aromatic rings. The molecule has 1 aromatic heterocycles. The van der Waals surface area contributed by atoms with E-state index in [4.69, 9.17) is 17.8 Å². The summed E-state index contributed by atoms with van der Waals surface area (Å²) >= 11 is -2.86. The van der Waals surface area contributed by atoms with Crippen molar-refractivity contribution in [2.24, 2.45) is 0 Å². The van der Waals surface area contributed by atoms with Crippen LogP contribution in [0.4, 0.5) is 0 Å². The molecular weight excluding hydrogens is 218 g/mol. The van der Waals surface area contributed by atoms with Gasteiger partial charge < -0.3 is 13.6 Å². The Morgan fingerprint density at radius 2 is 2.13 bits per heavy atom. The molecule has 6 heteroatoms. The monoisotopic (exact) mass is 228 g/mol. The van der Waals surface area contributed by atoms with Crippen molar-refractivity contribution in [2.45, 2.75) is 13.3 Å². The van der Waals surface area contributed by atoms with Crippen LogP contribution in [0.1, 0.15) is 12.6 Å². The van der Waals surface area contributed by atoms with E-state index in [1.165, 1.54) is 0 Å². The molecule has 1 aromatic carbocycles. The Labute approximate surface area is 89.2 Å². The molecule has 82 valence electrons. The van der Waals surface area contributed by atoms with E-state index in [9.17, 15) is 0 Å². The predicted molar refractivity (Wildman–Crippen MR) is 54.9 cm³/mol. The van der Waals surface area contributed by atoms with Crippen molar-refractivity contribution in [1.82, 2.24) is 5.16 Å². The van der Waals surface area contributed by atoms with Crippen LogP contribution in [0, 0.1) is 0 Å². The van der Waals surface area contributed by atoms with E-state index in [2.05, 4.69) is 12.1 Å². The van der Waals surface area contributed by atoms with Crippen LogP contribution in [0.15, 0.2) is 28.8 Å². The van der Waals surface area contributed by atoms with Gasteiger partial charge in [0.2, 0.25) is 0 Å². The molecule has 1 heterocycles. The van der Waals surface area contributed by atoms with Crippen LogP contribution in [0.25, 0.3) is 11.0 Å². The topological polar surface area (TPSA) is 86.4 Å². The molecule has 0 aliphatic rings. The summed E-state index contributed by atoms with van der Waals surface area (Å²) < 4.78 is 29.2. The van der Waals surface area contributed by atoms with Crippen molar-refractivity contribution in [2.75, 3.05) is 0 Å². The SMILES string of the molecule is CCc1noc2ccccc12.O=S([O-])O. The van der Waals surface area contributed by atoms with Crippen molar-refractivity contribution in [3.8, 4) is 0 Å². The van der Waals surface area contributed by atoms with Gasteiger partial charge in [0.15, 0.2) is 5.58 Å². The summed E-state index contributed by atoms with van der Waals surface area (Å²) in [5.41, 5.74) is 1.92. The largest absolute Gasteiger partial charge is 0.750 e. The van der Waals surface area contributed by atoms with Crippen LogP contribution in [0.5, 0.6) is 0 Å². The molecule has 0 saturated heterocycles. The number of fused-ring (bicyclic) bond motifs is 1. The van der Waals surface area contributed by atoms with Crippen molar-refractivity contribution in [1.29, 1.82) is 0 Å². The molecule has 0 fully saturated rings. The maximum atomic E-state index is 8.56. The Hall–Kier alpha value is -1.24. The number of benzene rings is 1. The third kappa shape index (κ3) is 3.43. The van der Waals surface area contributed by atoms with Crippen LogP contribution in [-0.4, -0.2) is 18.5 Å². The van der Waals surface area contributed by atoms with Crippen LogP contribution in [0.2, 0.25) is 0 Å². The summed E-state index contributed by atoms with van der Waals surface area (Å²) in [5, 5.41) is 5.07. The second-order valence-electron chi connectivity index (χ2n) is 2.70. The third-order valence-corrected chi connectivity index (χ3v) is 1.79. The summed E-state index contributed by atoms with van der Waals surface area (Å²) in [6.45, 7) is 2.07. The summed E-state index contributed by atoms with van der Waals surface area (Å²) in [6.07, 6.45) is 0.928. The van der Waals surface area contributed by atoms with Crippen molar-refractivity contribution in [3.63, 3.8) is 0 Å². The molecule has 0 aliphatic heterocycles. The highest BCUT2D eigenvalue weighted by Crippen LogP contribution is 2.17. The first kappa shape index (κ1) is 11.8. The fourth-order valence-corrected chi connectivity index (χ4v) is 1.19. The highest BCUT2D eigenvalue weighted by Gasteiger charge is 2.02. The fourth-order valence-electron chi connectivity index (χ4n) is 1.19. The zero-order chi connectivity index (χ0) is 11.3. The van der Waals surface area contributed by atoms with E-state index >= 15 is 0 Å². The smallest absolute Gasteiger partial charge is 0.167 e. The highest BCUT2D eigenvalue weighted by molar-refractivity contribution is 7.73. The standard InChI is InChI=1S/C9H9NO.H2O3S/c1-2-8-7-5-3-4-6-9(7)11-10-8;1-4(2)3/h3-6H,2H2,1H3;(H2,1,2,3)/p-1. The molecule has 0 spiro atoms. The second kappa shape index (κ2) is 5.59. The lowest BCUT2D eigenvalue weighted by atomic mass is 10.2. The summed E-state index contributed by atoms with van der Waals surface area (Å²) in [6, 6.07) is 7.91. The van der Waals surface area contributed by atoms with Crippen LogP contribution in [0.3, 0.4) is 0 Å². The predicted octanol–water partition coefficient (Wildman–Crippen LogP) is 1.73. The van der Waals surface area contributed by atoms with Gasteiger partial charge in [-0.2, -0.15) is 0 Å². The lowest BCUT2D eigenvalue weighted by Crippen LogP contribution is -1.77. The Morgan fingerprint density at radius 3 is 2.73 bits per heavy atom. The molecule has 2 rings (SSSR count). The first-order valence-corrected chi connectivity index (χ1v) is 5.30. The normalized spacial score (nSPS) is 11.9. The molecule has 0 bridgehead atoms. The van der Waals surface area contributed by atoms with Gasteiger partial charge in [-0.1, -0.05) is 24.2 Å². The summed E-state index contributed by atoms with van der Waals surface area (Å²) in [5.74, 6) is 0.